The summed E-state index contributed by atoms with van der Waals surface area (Å²) in [6.45, 7) is 6.69. The number of carbonyl (C=O) groups is 2. The highest BCUT2D eigenvalue weighted by atomic mass is 16.1. The van der Waals surface area contributed by atoms with Gasteiger partial charge in [0.2, 0.25) is 5.91 Å². The monoisotopic (exact) mass is 418 g/mol. The van der Waals surface area contributed by atoms with Gasteiger partial charge in [-0.1, -0.05) is 38.1 Å². The Labute approximate surface area is 186 Å². The average molecular weight is 419 g/mol. The third-order valence-electron chi connectivity index (χ3n) is 6.81. The number of Topliss-reactive ketones (excluding diaryl/α,β-unsaturated/α-hetero) is 1. The van der Waals surface area contributed by atoms with Gasteiger partial charge in [0.15, 0.2) is 5.78 Å². The van der Waals surface area contributed by atoms with Crippen LogP contribution in [-0.4, -0.2) is 36.2 Å². The second-order valence-electron chi connectivity index (χ2n) is 9.40. The van der Waals surface area contributed by atoms with Crippen LogP contribution in [0.4, 0.5) is 5.69 Å². The molecule has 4 rings (SSSR count). The fourth-order valence-electron chi connectivity index (χ4n) is 4.80. The Bertz CT molecular complexity index is 942. The number of hydrogen-bond acceptors (Lipinski definition) is 3. The number of nitrogens with zero attached hydrogens (tertiary/aromatic N) is 1. The number of carbonyl (C=O) groups excluding carboxylic acids is 2. The van der Waals surface area contributed by atoms with Gasteiger partial charge in [-0.25, -0.2) is 0 Å². The van der Waals surface area contributed by atoms with Gasteiger partial charge in [0.1, 0.15) is 0 Å². The van der Waals surface area contributed by atoms with Crippen LogP contribution in [-0.2, 0) is 17.6 Å². The molecule has 0 atom stereocenters. The van der Waals surface area contributed by atoms with E-state index < -0.39 is 0 Å². The van der Waals surface area contributed by atoms with E-state index in [0.717, 1.165) is 56.6 Å². The molecule has 4 heteroatoms. The van der Waals surface area contributed by atoms with Crippen LogP contribution in [0.5, 0.6) is 0 Å². The summed E-state index contributed by atoms with van der Waals surface area (Å²) in [6.07, 6.45) is 6.27. The number of amides is 1. The number of likely N-dealkylation sites (tertiary alicyclic amines) is 1. The lowest BCUT2D eigenvalue weighted by Gasteiger charge is -2.32. The highest BCUT2D eigenvalue weighted by Gasteiger charge is 2.22. The number of fused-ring (bicyclic) bond motifs is 1. The molecule has 1 fully saturated rings. The minimum absolute atomic E-state index is 0.0218. The molecular formula is C27H34N2O2. The largest absolute Gasteiger partial charge is 0.326 e. The molecule has 0 saturated carbocycles. The smallest absolute Gasteiger partial charge is 0.226 e. The summed E-state index contributed by atoms with van der Waals surface area (Å²) in [4.78, 5) is 27.1. The van der Waals surface area contributed by atoms with E-state index in [1.54, 1.807) is 0 Å². The van der Waals surface area contributed by atoms with Gasteiger partial charge in [0.05, 0.1) is 0 Å². The van der Waals surface area contributed by atoms with Gasteiger partial charge in [-0.2, -0.15) is 0 Å². The van der Waals surface area contributed by atoms with Crippen molar-refractivity contribution in [3.63, 3.8) is 0 Å². The molecule has 31 heavy (non-hydrogen) atoms. The van der Waals surface area contributed by atoms with Crippen molar-refractivity contribution in [2.45, 2.75) is 58.3 Å². The summed E-state index contributed by atoms with van der Waals surface area (Å²) in [5.74, 6) is 0.816. The van der Waals surface area contributed by atoms with E-state index in [-0.39, 0.29) is 17.6 Å². The van der Waals surface area contributed by atoms with Crippen molar-refractivity contribution < 1.29 is 9.59 Å². The lowest BCUT2D eigenvalue weighted by molar-refractivity contribution is -0.118. The summed E-state index contributed by atoms with van der Waals surface area (Å²) in [5, 5.41) is 3.01. The Morgan fingerprint density at radius 2 is 1.81 bits per heavy atom. The van der Waals surface area contributed by atoms with E-state index in [0.29, 0.717) is 12.3 Å². The first-order valence-corrected chi connectivity index (χ1v) is 11.8. The van der Waals surface area contributed by atoms with Crippen LogP contribution in [0, 0.1) is 5.92 Å². The molecule has 1 saturated heterocycles. The first-order valence-electron chi connectivity index (χ1n) is 11.8. The normalized spacial score (nSPS) is 17.0. The average Bonchev–Trinajstić information content (AvgIpc) is 3.26. The number of rotatable bonds is 7. The molecule has 0 bridgehead atoms. The number of hydrogen-bond donors (Lipinski definition) is 1. The van der Waals surface area contributed by atoms with E-state index in [1.807, 2.05) is 32.0 Å². The molecule has 2 aromatic rings. The zero-order chi connectivity index (χ0) is 21.8. The summed E-state index contributed by atoms with van der Waals surface area (Å²) >= 11 is 0. The predicted molar refractivity (Wildman–Crippen MR) is 126 cm³/mol. The number of piperidine rings is 1. The molecule has 0 radical (unpaired) electrons. The molecule has 1 amide bonds. The molecular weight excluding hydrogens is 384 g/mol. The Kier molecular flexibility index (Phi) is 6.86. The van der Waals surface area contributed by atoms with Crippen LogP contribution < -0.4 is 5.32 Å². The third-order valence-corrected chi connectivity index (χ3v) is 6.81. The maximum atomic E-state index is 12.7. The van der Waals surface area contributed by atoms with E-state index in [2.05, 4.69) is 34.5 Å². The zero-order valence-electron chi connectivity index (χ0n) is 18.8. The van der Waals surface area contributed by atoms with Gasteiger partial charge in [0, 0.05) is 30.1 Å². The van der Waals surface area contributed by atoms with Crippen LogP contribution in [0.3, 0.4) is 0 Å². The van der Waals surface area contributed by atoms with Gasteiger partial charge < -0.3 is 10.2 Å². The standard InChI is InChI=1S/C27H34N2O2/c1-19(2)27(31)28-25-8-4-7-23(18-25)21-11-14-29(15-12-21)16-13-26(30)24-10-9-20-5-3-6-22(20)17-24/h4,7-10,17-19,21H,3,5-6,11-16H2,1-2H3,(H,28,31). The molecule has 2 aliphatic rings. The molecule has 1 heterocycles. The maximum Gasteiger partial charge on any atom is 0.226 e. The van der Waals surface area contributed by atoms with Crippen LogP contribution in [0.2, 0.25) is 0 Å². The van der Waals surface area contributed by atoms with Crippen molar-refractivity contribution in [3.05, 3.63) is 64.7 Å². The molecule has 1 N–H and O–H groups in total. The minimum atomic E-state index is -0.0218. The molecule has 0 spiro atoms. The second-order valence-corrected chi connectivity index (χ2v) is 9.40. The second kappa shape index (κ2) is 9.78. The molecule has 0 unspecified atom stereocenters. The molecule has 0 aromatic heterocycles. The first-order chi connectivity index (χ1) is 15.0. The quantitative estimate of drug-likeness (QED) is 0.627. The van der Waals surface area contributed by atoms with Gasteiger partial charge in [-0.05, 0) is 86.0 Å². The number of aryl methyl sites for hydroxylation is 2. The van der Waals surface area contributed by atoms with E-state index >= 15 is 0 Å². The van der Waals surface area contributed by atoms with Crippen molar-refractivity contribution in [1.82, 2.24) is 4.90 Å². The van der Waals surface area contributed by atoms with Gasteiger partial charge >= 0.3 is 0 Å². The van der Waals surface area contributed by atoms with Crippen molar-refractivity contribution in [2.24, 2.45) is 5.92 Å². The fourth-order valence-corrected chi connectivity index (χ4v) is 4.80. The van der Waals surface area contributed by atoms with Crippen molar-refractivity contribution in [1.29, 1.82) is 0 Å². The van der Waals surface area contributed by atoms with Gasteiger partial charge in [0.25, 0.3) is 0 Å². The van der Waals surface area contributed by atoms with Crippen molar-refractivity contribution >= 4 is 17.4 Å². The summed E-state index contributed by atoms with van der Waals surface area (Å²) in [7, 11) is 0. The van der Waals surface area contributed by atoms with E-state index in [1.165, 1.54) is 23.1 Å². The Balaban J connectivity index is 1.26. The molecule has 1 aliphatic heterocycles. The van der Waals surface area contributed by atoms with Crippen LogP contribution in [0.25, 0.3) is 0 Å². The van der Waals surface area contributed by atoms with Crippen molar-refractivity contribution in [2.75, 3.05) is 25.0 Å². The molecule has 2 aromatic carbocycles. The van der Waals surface area contributed by atoms with E-state index in [4.69, 9.17) is 0 Å². The lowest BCUT2D eigenvalue weighted by Crippen LogP contribution is -2.34. The number of benzene rings is 2. The number of nitrogens with one attached hydrogen (secondary N) is 1. The van der Waals surface area contributed by atoms with Gasteiger partial charge in [-0.15, -0.1) is 0 Å². The lowest BCUT2D eigenvalue weighted by atomic mass is 9.89. The topological polar surface area (TPSA) is 49.4 Å². The Hall–Kier alpha value is -2.46. The Morgan fingerprint density at radius 1 is 1.03 bits per heavy atom. The summed E-state index contributed by atoms with van der Waals surface area (Å²) < 4.78 is 0. The number of anilines is 1. The summed E-state index contributed by atoms with van der Waals surface area (Å²) in [6, 6.07) is 14.6. The van der Waals surface area contributed by atoms with Crippen LogP contribution >= 0.6 is 0 Å². The fraction of sp³-hybridized carbons (Fsp3) is 0.481. The first kappa shape index (κ1) is 21.8. The molecule has 1 aliphatic carbocycles. The number of ketones is 1. The van der Waals surface area contributed by atoms with Crippen LogP contribution in [0.1, 0.15) is 72.5 Å². The van der Waals surface area contributed by atoms with Crippen LogP contribution in [0.15, 0.2) is 42.5 Å². The SMILES string of the molecule is CC(C)C(=O)Nc1cccc(C2CCN(CCC(=O)c3ccc4c(c3)CCC4)CC2)c1. The summed E-state index contributed by atoms with van der Waals surface area (Å²) in [5.41, 5.74) is 5.87. The van der Waals surface area contributed by atoms with Gasteiger partial charge in [-0.3, -0.25) is 9.59 Å². The molecule has 4 nitrogen and oxygen atoms in total. The van der Waals surface area contributed by atoms with E-state index in [9.17, 15) is 9.59 Å². The highest BCUT2D eigenvalue weighted by Crippen LogP contribution is 2.30. The van der Waals surface area contributed by atoms with Crippen molar-refractivity contribution in [3.8, 4) is 0 Å². The Morgan fingerprint density at radius 3 is 2.58 bits per heavy atom. The molecule has 164 valence electrons. The minimum Gasteiger partial charge on any atom is -0.326 e. The zero-order valence-corrected chi connectivity index (χ0v) is 18.8. The third kappa shape index (κ3) is 5.43. The maximum absolute atomic E-state index is 12.7. The predicted octanol–water partition coefficient (Wildman–Crippen LogP) is 5.22. The highest BCUT2D eigenvalue weighted by molar-refractivity contribution is 5.96.